The van der Waals surface area contributed by atoms with Crippen molar-refractivity contribution in [2.75, 3.05) is 5.75 Å². The van der Waals surface area contributed by atoms with Crippen LogP contribution in [0.25, 0.3) is 0 Å². The highest BCUT2D eigenvalue weighted by Crippen LogP contribution is 2.22. The van der Waals surface area contributed by atoms with E-state index < -0.39 is 0 Å². The third kappa shape index (κ3) is 5.66. The molecule has 0 saturated heterocycles. The van der Waals surface area contributed by atoms with Crippen molar-refractivity contribution in [3.63, 3.8) is 0 Å². The molecule has 3 rings (SSSR count). The van der Waals surface area contributed by atoms with Gasteiger partial charge in [0.25, 0.3) is 5.22 Å². The van der Waals surface area contributed by atoms with Gasteiger partial charge in [-0.2, -0.15) is 0 Å². The molecule has 7 heteroatoms. The van der Waals surface area contributed by atoms with Crippen LogP contribution in [0.5, 0.6) is 0 Å². The van der Waals surface area contributed by atoms with Crippen molar-refractivity contribution in [3.8, 4) is 0 Å². The average molecular weight is 399 g/mol. The molecular formula is C21H22FN3O2S. The van der Waals surface area contributed by atoms with Crippen molar-refractivity contribution in [3.05, 3.63) is 76.9 Å². The van der Waals surface area contributed by atoms with Gasteiger partial charge in [0, 0.05) is 13.0 Å². The van der Waals surface area contributed by atoms with Gasteiger partial charge in [0.2, 0.25) is 11.8 Å². The molecule has 3 aromatic rings. The molecule has 1 atom stereocenters. The highest BCUT2D eigenvalue weighted by atomic mass is 32.2. The fourth-order valence-corrected chi connectivity index (χ4v) is 3.28. The molecule has 1 aromatic heterocycles. The number of benzene rings is 2. The molecule has 0 fully saturated rings. The van der Waals surface area contributed by atoms with Gasteiger partial charge in [-0.3, -0.25) is 4.79 Å². The predicted molar refractivity (Wildman–Crippen MR) is 107 cm³/mol. The summed E-state index contributed by atoms with van der Waals surface area (Å²) in [6, 6.07) is 15.1. The van der Waals surface area contributed by atoms with Crippen LogP contribution in [0.4, 0.5) is 4.39 Å². The second-order valence-electron chi connectivity index (χ2n) is 6.63. The van der Waals surface area contributed by atoms with E-state index in [0.717, 1.165) is 5.56 Å². The summed E-state index contributed by atoms with van der Waals surface area (Å²) in [5.74, 6) is 0.518. The van der Waals surface area contributed by atoms with Crippen LogP contribution in [0.15, 0.2) is 58.2 Å². The van der Waals surface area contributed by atoms with E-state index in [0.29, 0.717) is 23.1 Å². The highest BCUT2D eigenvalue weighted by molar-refractivity contribution is 7.99. The molecular weight excluding hydrogens is 377 g/mol. The molecule has 28 heavy (non-hydrogen) atoms. The Bertz CT molecular complexity index is 930. The number of nitrogens with zero attached hydrogens (tertiary/aromatic N) is 2. The first-order valence-corrected chi connectivity index (χ1v) is 10.0. The first kappa shape index (κ1) is 20.1. The molecule has 0 aliphatic carbocycles. The maximum atomic E-state index is 13.5. The number of amides is 1. The van der Waals surface area contributed by atoms with Crippen molar-refractivity contribution in [2.24, 2.45) is 0 Å². The number of thioether (sulfide) groups is 1. The topological polar surface area (TPSA) is 68.0 Å². The molecule has 5 nitrogen and oxygen atoms in total. The lowest BCUT2D eigenvalue weighted by molar-refractivity contribution is -0.118. The summed E-state index contributed by atoms with van der Waals surface area (Å²) < 4.78 is 19.2. The number of hydrogen-bond donors (Lipinski definition) is 1. The van der Waals surface area contributed by atoms with Crippen LogP contribution in [-0.4, -0.2) is 21.9 Å². The Labute approximate surface area is 167 Å². The van der Waals surface area contributed by atoms with Gasteiger partial charge in [0.05, 0.1) is 5.75 Å². The zero-order chi connectivity index (χ0) is 19.9. The fourth-order valence-electron chi connectivity index (χ4n) is 2.67. The van der Waals surface area contributed by atoms with Crippen LogP contribution in [0.2, 0.25) is 0 Å². The molecule has 1 unspecified atom stereocenters. The number of aryl methyl sites for hydroxylation is 1. The molecule has 1 N–H and O–H groups in total. The Morgan fingerprint density at radius 1 is 1.21 bits per heavy atom. The van der Waals surface area contributed by atoms with Crippen molar-refractivity contribution < 1.29 is 13.6 Å². The number of halogens is 1. The van der Waals surface area contributed by atoms with Crippen LogP contribution in [0.3, 0.4) is 0 Å². The first-order chi connectivity index (χ1) is 13.5. The first-order valence-electron chi connectivity index (χ1n) is 9.03. The normalized spacial score (nSPS) is 12.0. The summed E-state index contributed by atoms with van der Waals surface area (Å²) in [6.07, 6.45) is 0.642. The lowest BCUT2D eigenvalue weighted by Gasteiger charge is -2.08. The van der Waals surface area contributed by atoms with Gasteiger partial charge in [-0.05, 0) is 35.6 Å². The van der Waals surface area contributed by atoms with Gasteiger partial charge < -0.3 is 9.73 Å². The molecule has 146 valence electrons. The summed E-state index contributed by atoms with van der Waals surface area (Å²) >= 11 is 1.19. The van der Waals surface area contributed by atoms with E-state index in [2.05, 4.69) is 34.6 Å². The third-order valence-corrected chi connectivity index (χ3v) is 5.17. The van der Waals surface area contributed by atoms with E-state index in [1.807, 2.05) is 18.2 Å². The molecule has 0 spiro atoms. The number of rotatable bonds is 8. The van der Waals surface area contributed by atoms with Gasteiger partial charge in [-0.25, -0.2) is 4.39 Å². The highest BCUT2D eigenvalue weighted by Gasteiger charge is 2.13. The van der Waals surface area contributed by atoms with Crippen LogP contribution in [0.1, 0.15) is 35.4 Å². The maximum absolute atomic E-state index is 13.5. The molecule has 0 radical (unpaired) electrons. The van der Waals surface area contributed by atoms with E-state index in [9.17, 15) is 9.18 Å². The summed E-state index contributed by atoms with van der Waals surface area (Å²) in [5.41, 5.74) is 2.51. The molecule has 1 heterocycles. The number of carbonyl (C=O) groups is 1. The average Bonchev–Trinajstić information content (AvgIpc) is 3.15. The Morgan fingerprint density at radius 3 is 2.75 bits per heavy atom. The zero-order valence-electron chi connectivity index (χ0n) is 15.8. The number of aromatic nitrogens is 2. The quantitative estimate of drug-likeness (QED) is 0.573. The van der Waals surface area contributed by atoms with Gasteiger partial charge in [-0.1, -0.05) is 61.2 Å². The van der Waals surface area contributed by atoms with Gasteiger partial charge in [0.15, 0.2) is 0 Å². The lowest BCUT2D eigenvalue weighted by atomic mass is 9.98. The van der Waals surface area contributed by atoms with E-state index >= 15 is 0 Å². The van der Waals surface area contributed by atoms with Gasteiger partial charge in [-0.15, -0.1) is 10.2 Å². The Morgan fingerprint density at radius 2 is 2.00 bits per heavy atom. The van der Waals surface area contributed by atoms with Gasteiger partial charge >= 0.3 is 0 Å². The summed E-state index contributed by atoms with van der Waals surface area (Å²) in [6.45, 7) is 4.08. The smallest absolute Gasteiger partial charge is 0.277 e. The van der Waals surface area contributed by atoms with Crippen LogP contribution in [-0.2, 0) is 17.8 Å². The summed E-state index contributed by atoms with van der Waals surface area (Å²) in [7, 11) is 0. The van der Waals surface area contributed by atoms with Crippen LogP contribution >= 0.6 is 11.8 Å². The zero-order valence-corrected chi connectivity index (χ0v) is 16.6. The molecule has 2 aromatic carbocycles. The predicted octanol–water partition coefficient (Wildman–Crippen LogP) is 4.27. The Balaban J connectivity index is 1.44. The third-order valence-electron chi connectivity index (χ3n) is 4.35. The SMILES string of the molecule is Cc1ccc(CNC(=O)CSc2nnc(CC(C)c3ccccc3)o2)cc1F. The second-order valence-corrected chi connectivity index (χ2v) is 7.55. The second kappa shape index (κ2) is 9.50. The van der Waals surface area contributed by atoms with Crippen molar-refractivity contribution in [1.29, 1.82) is 0 Å². The lowest BCUT2D eigenvalue weighted by Crippen LogP contribution is -2.24. The Hall–Kier alpha value is -2.67. The number of carbonyl (C=O) groups excluding carboxylic acids is 1. The summed E-state index contributed by atoms with van der Waals surface area (Å²) in [5, 5.41) is 11.2. The molecule has 0 aliphatic rings. The van der Waals surface area contributed by atoms with E-state index in [4.69, 9.17) is 4.42 Å². The van der Waals surface area contributed by atoms with Crippen molar-refractivity contribution in [1.82, 2.24) is 15.5 Å². The van der Waals surface area contributed by atoms with E-state index in [1.54, 1.807) is 19.1 Å². The molecule has 0 saturated carbocycles. The van der Waals surface area contributed by atoms with E-state index in [-0.39, 0.29) is 29.9 Å². The molecule has 1 amide bonds. The summed E-state index contributed by atoms with van der Waals surface area (Å²) in [4.78, 5) is 12.0. The van der Waals surface area contributed by atoms with Crippen molar-refractivity contribution >= 4 is 17.7 Å². The van der Waals surface area contributed by atoms with Crippen molar-refractivity contribution in [2.45, 2.75) is 38.0 Å². The maximum Gasteiger partial charge on any atom is 0.277 e. The minimum absolute atomic E-state index is 0.157. The molecule has 0 bridgehead atoms. The van der Waals surface area contributed by atoms with Gasteiger partial charge in [0.1, 0.15) is 5.82 Å². The minimum atomic E-state index is -0.274. The van der Waals surface area contributed by atoms with Crippen LogP contribution in [0, 0.1) is 12.7 Å². The standard InChI is InChI=1S/C21H22FN3O2S/c1-14-8-9-16(11-18(14)22)12-23-19(26)13-28-21-25-24-20(27-21)10-15(2)17-6-4-3-5-7-17/h3-9,11,15H,10,12-13H2,1-2H3,(H,23,26). The molecule has 0 aliphatic heterocycles. The largest absolute Gasteiger partial charge is 0.416 e. The minimum Gasteiger partial charge on any atom is -0.416 e. The monoisotopic (exact) mass is 399 g/mol. The van der Waals surface area contributed by atoms with Crippen LogP contribution < -0.4 is 5.32 Å². The fraction of sp³-hybridized carbons (Fsp3) is 0.286. The Kier molecular flexibility index (Phi) is 6.81. The number of nitrogens with one attached hydrogen (secondary N) is 1. The van der Waals surface area contributed by atoms with E-state index in [1.165, 1.54) is 23.4 Å². The number of hydrogen-bond acceptors (Lipinski definition) is 5.